The Hall–Kier alpha value is -1.75. The molecule has 0 saturated heterocycles. The lowest BCUT2D eigenvalue weighted by Gasteiger charge is -2.27. The zero-order valence-electron chi connectivity index (χ0n) is 12.6. The van der Waals surface area contributed by atoms with Gasteiger partial charge in [0.25, 0.3) is 0 Å². The number of carbonyl (C=O) groups excluding carboxylic acids is 1. The smallest absolute Gasteiger partial charge is 0.133 e. The molecule has 0 heterocycles. The molecule has 0 saturated carbocycles. The van der Waals surface area contributed by atoms with Gasteiger partial charge in [-0.3, -0.25) is 4.79 Å². The van der Waals surface area contributed by atoms with Crippen LogP contribution in [0.25, 0.3) is 0 Å². The number of aliphatic hydroxyl groups excluding tert-OH is 1. The summed E-state index contributed by atoms with van der Waals surface area (Å²) in [6.07, 6.45) is 13.9. The second-order valence-electron chi connectivity index (χ2n) is 5.51. The Balaban J connectivity index is 2.86. The highest BCUT2D eigenvalue weighted by atomic mass is 16.3. The van der Waals surface area contributed by atoms with E-state index < -0.39 is 0 Å². The van der Waals surface area contributed by atoms with Crippen LogP contribution in [0.3, 0.4) is 0 Å². The fourth-order valence-corrected chi connectivity index (χ4v) is 2.74. The highest BCUT2D eigenvalue weighted by molar-refractivity contribution is 5.79. The van der Waals surface area contributed by atoms with Crippen LogP contribution in [0, 0.1) is 24.2 Å². The molecule has 0 aromatic rings. The average molecular weight is 272 g/mol. The highest BCUT2D eigenvalue weighted by Gasteiger charge is 2.27. The first-order valence-electron chi connectivity index (χ1n) is 7.20. The van der Waals surface area contributed by atoms with Crippen molar-refractivity contribution in [2.75, 3.05) is 0 Å². The Labute approximate surface area is 122 Å². The van der Waals surface area contributed by atoms with Crippen molar-refractivity contribution in [3.63, 3.8) is 0 Å². The minimum atomic E-state index is 0.0240. The zero-order chi connectivity index (χ0) is 15.1. The van der Waals surface area contributed by atoms with Crippen LogP contribution in [0.15, 0.2) is 35.1 Å². The van der Waals surface area contributed by atoms with E-state index in [9.17, 15) is 9.90 Å². The van der Waals surface area contributed by atoms with Crippen LogP contribution < -0.4 is 0 Å². The van der Waals surface area contributed by atoms with Crippen LogP contribution in [0.2, 0.25) is 0 Å². The standard InChI is InChI=1S/C18H24O2/c1-5-7-15(6-2)11-17(20)12-16-10-13(3)8-9-18(16)14(4)19/h1,7,10-11,16,18,20H,6,8-9,12H2,2-4H3/b15-7-,17-11+. The number of hydrogen-bond donors (Lipinski definition) is 1. The van der Waals surface area contributed by atoms with Gasteiger partial charge in [-0.2, -0.15) is 0 Å². The molecule has 1 N–H and O–H groups in total. The van der Waals surface area contributed by atoms with Crippen molar-refractivity contribution in [1.82, 2.24) is 0 Å². The van der Waals surface area contributed by atoms with Crippen molar-refractivity contribution >= 4 is 5.78 Å². The first-order valence-corrected chi connectivity index (χ1v) is 7.20. The highest BCUT2D eigenvalue weighted by Crippen LogP contribution is 2.33. The number of rotatable bonds is 5. The Morgan fingerprint density at radius 2 is 2.30 bits per heavy atom. The van der Waals surface area contributed by atoms with E-state index in [1.807, 2.05) is 6.92 Å². The predicted octanol–water partition coefficient (Wildman–Crippen LogP) is 4.35. The molecule has 2 nitrogen and oxygen atoms in total. The van der Waals surface area contributed by atoms with Crippen molar-refractivity contribution < 1.29 is 9.90 Å². The van der Waals surface area contributed by atoms with Crippen LogP contribution in [-0.2, 0) is 4.79 Å². The maximum atomic E-state index is 11.7. The summed E-state index contributed by atoms with van der Waals surface area (Å²) in [5, 5.41) is 10.1. The summed E-state index contributed by atoms with van der Waals surface area (Å²) >= 11 is 0. The third-order valence-corrected chi connectivity index (χ3v) is 3.86. The second-order valence-corrected chi connectivity index (χ2v) is 5.51. The van der Waals surface area contributed by atoms with Crippen LogP contribution >= 0.6 is 0 Å². The van der Waals surface area contributed by atoms with Gasteiger partial charge in [0.15, 0.2) is 0 Å². The van der Waals surface area contributed by atoms with Crippen molar-refractivity contribution in [3.05, 3.63) is 35.1 Å². The average Bonchev–Trinajstić information content (AvgIpc) is 2.37. The molecule has 0 amide bonds. The van der Waals surface area contributed by atoms with E-state index in [4.69, 9.17) is 6.42 Å². The fourth-order valence-electron chi connectivity index (χ4n) is 2.74. The lowest BCUT2D eigenvalue weighted by molar-refractivity contribution is -0.122. The summed E-state index contributed by atoms with van der Waals surface area (Å²) in [6, 6.07) is 0. The SMILES string of the molecule is C#C/C=C(\C=C(\O)CC1C=C(C)CCC1C(C)=O)CC. The maximum absolute atomic E-state index is 11.7. The van der Waals surface area contributed by atoms with Crippen LogP contribution in [0.1, 0.15) is 46.5 Å². The lowest BCUT2D eigenvalue weighted by atomic mass is 9.77. The number of aliphatic hydroxyl groups is 1. The predicted molar refractivity (Wildman–Crippen MR) is 83.2 cm³/mol. The van der Waals surface area contributed by atoms with Gasteiger partial charge in [0, 0.05) is 12.3 Å². The van der Waals surface area contributed by atoms with Gasteiger partial charge in [-0.1, -0.05) is 24.5 Å². The van der Waals surface area contributed by atoms with Crippen LogP contribution in [-0.4, -0.2) is 10.9 Å². The monoisotopic (exact) mass is 272 g/mol. The molecule has 2 atom stereocenters. The topological polar surface area (TPSA) is 37.3 Å². The molecular weight excluding hydrogens is 248 g/mol. The molecule has 1 rings (SSSR count). The van der Waals surface area contributed by atoms with Crippen molar-refractivity contribution in [1.29, 1.82) is 0 Å². The summed E-state index contributed by atoms with van der Waals surface area (Å²) < 4.78 is 0. The fraction of sp³-hybridized carbons (Fsp3) is 0.500. The van der Waals surface area contributed by atoms with E-state index in [1.54, 1.807) is 19.1 Å². The molecule has 2 heteroatoms. The number of terminal acetylenes is 1. The van der Waals surface area contributed by atoms with Gasteiger partial charge in [-0.05, 0) is 56.8 Å². The summed E-state index contributed by atoms with van der Waals surface area (Å²) in [5.74, 6) is 3.11. The van der Waals surface area contributed by atoms with Crippen molar-refractivity contribution in [2.45, 2.75) is 46.5 Å². The van der Waals surface area contributed by atoms with E-state index >= 15 is 0 Å². The summed E-state index contributed by atoms with van der Waals surface area (Å²) in [5.41, 5.74) is 2.23. The molecule has 0 radical (unpaired) electrons. The molecule has 0 aromatic carbocycles. The number of hydrogen-bond acceptors (Lipinski definition) is 2. The molecule has 0 aliphatic heterocycles. The molecule has 20 heavy (non-hydrogen) atoms. The van der Waals surface area contributed by atoms with Crippen molar-refractivity contribution in [2.24, 2.45) is 11.8 Å². The van der Waals surface area contributed by atoms with E-state index in [2.05, 4.69) is 18.9 Å². The number of ketones is 1. The van der Waals surface area contributed by atoms with Crippen LogP contribution in [0.4, 0.5) is 0 Å². The Morgan fingerprint density at radius 3 is 2.85 bits per heavy atom. The second kappa shape index (κ2) is 7.75. The first kappa shape index (κ1) is 16.3. The normalized spacial score (nSPS) is 24.0. The third-order valence-electron chi connectivity index (χ3n) is 3.86. The zero-order valence-corrected chi connectivity index (χ0v) is 12.6. The number of carbonyl (C=O) groups is 1. The minimum Gasteiger partial charge on any atom is -0.512 e. The molecule has 0 spiro atoms. The summed E-state index contributed by atoms with van der Waals surface area (Å²) in [7, 11) is 0. The summed E-state index contributed by atoms with van der Waals surface area (Å²) in [6.45, 7) is 5.72. The van der Waals surface area contributed by atoms with E-state index in [-0.39, 0.29) is 17.6 Å². The molecule has 1 aliphatic rings. The third kappa shape index (κ3) is 4.74. The van der Waals surface area contributed by atoms with E-state index in [0.29, 0.717) is 12.2 Å². The van der Waals surface area contributed by atoms with Gasteiger partial charge in [0.2, 0.25) is 0 Å². The molecule has 0 bridgehead atoms. The largest absolute Gasteiger partial charge is 0.512 e. The number of allylic oxidation sites excluding steroid dienone is 6. The minimum absolute atomic E-state index is 0.0240. The van der Waals surface area contributed by atoms with Gasteiger partial charge < -0.3 is 5.11 Å². The van der Waals surface area contributed by atoms with Crippen molar-refractivity contribution in [3.8, 4) is 12.3 Å². The molecular formula is C18H24O2. The molecule has 2 unspecified atom stereocenters. The Bertz CT molecular complexity index is 486. The van der Waals surface area contributed by atoms with Crippen LogP contribution in [0.5, 0.6) is 0 Å². The molecule has 0 fully saturated rings. The lowest BCUT2D eigenvalue weighted by Crippen LogP contribution is -2.24. The van der Waals surface area contributed by atoms with Gasteiger partial charge >= 0.3 is 0 Å². The quantitative estimate of drug-likeness (QED) is 0.349. The first-order chi connectivity index (χ1) is 9.47. The number of Topliss-reactive ketones (excluding diaryl/α,β-unsaturated/α-hetero) is 1. The van der Waals surface area contributed by atoms with E-state index in [1.165, 1.54) is 5.57 Å². The van der Waals surface area contributed by atoms with Gasteiger partial charge in [0.1, 0.15) is 5.78 Å². The molecule has 0 aromatic heterocycles. The van der Waals surface area contributed by atoms with E-state index in [0.717, 1.165) is 24.8 Å². The van der Waals surface area contributed by atoms with Gasteiger partial charge in [0.05, 0.1) is 5.76 Å². The molecule has 1 aliphatic carbocycles. The van der Waals surface area contributed by atoms with Gasteiger partial charge in [-0.25, -0.2) is 0 Å². The Morgan fingerprint density at radius 1 is 1.60 bits per heavy atom. The molecule has 108 valence electrons. The summed E-state index contributed by atoms with van der Waals surface area (Å²) in [4.78, 5) is 11.7. The maximum Gasteiger partial charge on any atom is 0.133 e. The Kier molecular flexibility index (Phi) is 6.31. The van der Waals surface area contributed by atoms with Gasteiger partial charge in [-0.15, -0.1) is 6.42 Å².